The van der Waals surface area contributed by atoms with Crippen LogP contribution in [0.5, 0.6) is 0 Å². The number of alkyl halides is 1. The fourth-order valence-corrected chi connectivity index (χ4v) is 3.60. The molecule has 2 fully saturated rings. The molecule has 5 unspecified atom stereocenters. The van der Waals surface area contributed by atoms with Gasteiger partial charge in [0.25, 0.3) is 0 Å². The molecule has 94 valence electrons. The van der Waals surface area contributed by atoms with Crippen molar-refractivity contribution in [3.63, 3.8) is 0 Å². The highest BCUT2D eigenvalue weighted by molar-refractivity contribution is 4.88. The number of rotatable bonds is 1. The first-order chi connectivity index (χ1) is 7.68. The average molecular weight is 227 g/mol. The summed E-state index contributed by atoms with van der Waals surface area (Å²) in [5, 5.41) is 3.71. The van der Waals surface area contributed by atoms with E-state index < -0.39 is 6.17 Å². The molecule has 5 atom stereocenters. The van der Waals surface area contributed by atoms with E-state index in [1.165, 1.54) is 25.8 Å². The van der Waals surface area contributed by atoms with Crippen molar-refractivity contribution < 1.29 is 4.39 Å². The Morgan fingerprint density at radius 3 is 2.56 bits per heavy atom. The lowest BCUT2D eigenvalue weighted by Gasteiger charge is -2.37. The Kier molecular flexibility index (Phi) is 4.23. The first-order valence-electron chi connectivity index (χ1n) is 7.06. The quantitative estimate of drug-likeness (QED) is 0.722. The molecule has 0 bridgehead atoms. The van der Waals surface area contributed by atoms with Crippen LogP contribution >= 0.6 is 0 Å². The fourth-order valence-electron chi connectivity index (χ4n) is 3.60. The Bertz CT molecular complexity index is 219. The monoisotopic (exact) mass is 227 g/mol. The Labute approximate surface area is 99.2 Å². The van der Waals surface area contributed by atoms with Crippen LogP contribution < -0.4 is 5.32 Å². The summed E-state index contributed by atoms with van der Waals surface area (Å²) in [6.07, 6.45) is 6.44. The van der Waals surface area contributed by atoms with E-state index in [1.54, 1.807) is 0 Å². The largest absolute Gasteiger partial charge is 0.313 e. The molecule has 16 heavy (non-hydrogen) atoms. The van der Waals surface area contributed by atoms with E-state index in [4.69, 9.17) is 0 Å². The average Bonchev–Trinajstić information content (AvgIpc) is 2.47. The van der Waals surface area contributed by atoms with Gasteiger partial charge in [-0.1, -0.05) is 20.3 Å². The zero-order chi connectivity index (χ0) is 11.5. The molecule has 0 radical (unpaired) electrons. The SMILES string of the molecule is CC1CC(C2NCCCCC2C)CCC1F. The van der Waals surface area contributed by atoms with Crippen molar-refractivity contribution in [2.45, 2.75) is 64.6 Å². The summed E-state index contributed by atoms with van der Waals surface area (Å²) in [5.74, 6) is 1.77. The van der Waals surface area contributed by atoms with E-state index in [0.717, 1.165) is 31.1 Å². The second-order valence-electron chi connectivity index (χ2n) is 6.02. The van der Waals surface area contributed by atoms with Crippen molar-refractivity contribution in [2.24, 2.45) is 17.8 Å². The minimum absolute atomic E-state index is 0.274. The van der Waals surface area contributed by atoms with E-state index in [2.05, 4.69) is 19.2 Å². The number of halogens is 1. The lowest BCUT2D eigenvalue weighted by Crippen LogP contribution is -2.43. The van der Waals surface area contributed by atoms with Gasteiger partial charge in [-0.2, -0.15) is 0 Å². The van der Waals surface area contributed by atoms with Crippen molar-refractivity contribution in [1.29, 1.82) is 0 Å². The molecule has 2 heteroatoms. The van der Waals surface area contributed by atoms with Crippen LogP contribution in [0.3, 0.4) is 0 Å². The van der Waals surface area contributed by atoms with E-state index in [-0.39, 0.29) is 5.92 Å². The molecular weight excluding hydrogens is 201 g/mol. The van der Waals surface area contributed by atoms with Gasteiger partial charge in [-0.15, -0.1) is 0 Å². The number of hydrogen-bond donors (Lipinski definition) is 1. The first kappa shape index (κ1) is 12.3. The second kappa shape index (κ2) is 5.48. The Balaban J connectivity index is 1.94. The van der Waals surface area contributed by atoms with E-state index in [1.807, 2.05) is 0 Å². The molecule has 1 saturated carbocycles. The van der Waals surface area contributed by atoms with Crippen molar-refractivity contribution in [2.75, 3.05) is 6.54 Å². The molecule has 1 saturated heterocycles. The van der Waals surface area contributed by atoms with Crippen LogP contribution in [-0.4, -0.2) is 18.8 Å². The van der Waals surface area contributed by atoms with Gasteiger partial charge >= 0.3 is 0 Å². The molecule has 0 aromatic heterocycles. The third-order valence-corrected chi connectivity index (χ3v) is 4.69. The minimum Gasteiger partial charge on any atom is -0.313 e. The van der Waals surface area contributed by atoms with Crippen LogP contribution in [0.15, 0.2) is 0 Å². The van der Waals surface area contributed by atoms with Crippen LogP contribution in [0, 0.1) is 17.8 Å². The van der Waals surface area contributed by atoms with Crippen LogP contribution in [0.1, 0.15) is 52.4 Å². The van der Waals surface area contributed by atoms with Gasteiger partial charge in [0.05, 0.1) is 0 Å². The van der Waals surface area contributed by atoms with Crippen LogP contribution in [0.25, 0.3) is 0 Å². The third-order valence-electron chi connectivity index (χ3n) is 4.69. The molecular formula is C14H26FN. The zero-order valence-corrected chi connectivity index (χ0v) is 10.7. The summed E-state index contributed by atoms with van der Waals surface area (Å²) in [7, 11) is 0. The molecule has 0 aromatic carbocycles. The van der Waals surface area contributed by atoms with E-state index in [9.17, 15) is 4.39 Å². The summed E-state index contributed by atoms with van der Waals surface area (Å²) in [4.78, 5) is 0. The molecule has 1 aliphatic carbocycles. The fraction of sp³-hybridized carbons (Fsp3) is 1.00. The highest BCUT2D eigenvalue weighted by Crippen LogP contribution is 2.36. The Morgan fingerprint density at radius 1 is 1.00 bits per heavy atom. The van der Waals surface area contributed by atoms with Gasteiger partial charge < -0.3 is 5.32 Å². The van der Waals surface area contributed by atoms with Crippen molar-refractivity contribution >= 4 is 0 Å². The lowest BCUT2D eigenvalue weighted by atomic mass is 9.74. The zero-order valence-electron chi connectivity index (χ0n) is 10.7. The van der Waals surface area contributed by atoms with Gasteiger partial charge in [-0.3, -0.25) is 0 Å². The van der Waals surface area contributed by atoms with Crippen LogP contribution in [-0.2, 0) is 0 Å². The molecule has 0 spiro atoms. The smallest absolute Gasteiger partial charge is 0.103 e. The van der Waals surface area contributed by atoms with E-state index in [0.29, 0.717) is 6.04 Å². The molecule has 2 rings (SSSR count). The van der Waals surface area contributed by atoms with Crippen molar-refractivity contribution in [3.8, 4) is 0 Å². The first-order valence-corrected chi connectivity index (χ1v) is 7.06. The van der Waals surface area contributed by atoms with Crippen molar-refractivity contribution in [1.82, 2.24) is 5.32 Å². The molecule has 2 aliphatic rings. The molecule has 1 aliphatic heterocycles. The highest BCUT2D eigenvalue weighted by Gasteiger charge is 2.34. The van der Waals surface area contributed by atoms with Gasteiger partial charge in [0.15, 0.2) is 0 Å². The maximum Gasteiger partial charge on any atom is 0.103 e. The summed E-state index contributed by atoms with van der Waals surface area (Å²) in [6, 6.07) is 0.650. The Hall–Kier alpha value is -0.110. The summed E-state index contributed by atoms with van der Waals surface area (Å²) < 4.78 is 13.5. The molecule has 1 N–H and O–H groups in total. The molecule has 1 heterocycles. The van der Waals surface area contributed by atoms with Gasteiger partial charge in [-0.25, -0.2) is 4.39 Å². The molecule has 0 aromatic rings. The highest BCUT2D eigenvalue weighted by atomic mass is 19.1. The van der Waals surface area contributed by atoms with Gasteiger partial charge in [-0.05, 0) is 56.4 Å². The van der Waals surface area contributed by atoms with Gasteiger partial charge in [0, 0.05) is 6.04 Å². The predicted molar refractivity (Wildman–Crippen MR) is 66.2 cm³/mol. The number of hydrogen-bond acceptors (Lipinski definition) is 1. The van der Waals surface area contributed by atoms with Crippen LogP contribution in [0.4, 0.5) is 4.39 Å². The van der Waals surface area contributed by atoms with Gasteiger partial charge in [0.1, 0.15) is 6.17 Å². The van der Waals surface area contributed by atoms with Crippen molar-refractivity contribution in [3.05, 3.63) is 0 Å². The normalized spacial score (nSPS) is 46.3. The summed E-state index contributed by atoms with van der Waals surface area (Å²) in [6.45, 7) is 5.62. The maximum atomic E-state index is 13.5. The third kappa shape index (κ3) is 2.77. The predicted octanol–water partition coefficient (Wildman–Crippen LogP) is 3.54. The van der Waals surface area contributed by atoms with E-state index >= 15 is 0 Å². The molecule has 0 amide bonds. The maximum absolute atomic E-state index is 13.5. The Morgan fingerprint density at radius 2 is 1.81 bits per heavy atom. The van der Waals surface area contributed by atoms with Crippen LogP contribution in [0.2, 0.25) is 0 Å². The summed E-state index contributed by atoms with van der Waals surface area (Å²) >= 11 is 0. The second-order valence-corrected chi connectivity index (χ2v) is 6.02. The lowest BCUT2D eigenvalue weighted by molar-refractivity contribution is 0.107. The minimum atomic E-state index is -0.544. The van der Waals surface area contributed by atoms with Gasteiger partial charge in [0.2, 0.25) is 0 Å². The summed E-state index contributed by atoms with van der Waals surface area (Å²) in [5.41, 5.74) is 0. The standard InChI is InChI=1S/C14H26FN/c1-10-5-3-4-8-16-14(10)12-6-7-13(15)11(2)9-12/h10-14,16H,3-9H2,1-2H3. The molecule has 1 nitrogen and oxygen atoms in total. The topological polar surface area (TPSA) is 12.0 Å². The number of nitrogens with one attached hydrogen (secondary N) is 1.